The van der Waals surface area contributed by atoms with Gasteiger partial charge in [-0.15, -0.1) is 10.2 Å². The van der Waals surface area contributed by atoms with Gasteiger partial charge < -0.3 is 24.3 Å². The van der Waals surface area contributed by atoms with Crippen LogP contribution in [0.4, 0.5) is 5.82 Å². The summed E-state index contributed by atoms with van der Waals surface area (Å²) in [7, 11) is 1.64. The first-order chi connectivity index (χ1) is 17.4. The van der Waals surface area contributed by atoms with E-state index >= 15 is 0 Å². The van der Waals surface area contributed by atoms with E-state index in [2.05, 4.69) is 33.8 Å². The number of piperazine rings is 1. The fraction of sp³-hybridized carbons (Fsp3) is 0.556. The summed E-state index contributed by atoms with van der Waals surface area (Å²) in [4.78, 5) is 33.8. The number of aromatic nitrogens is 2. The molecule has 1 aliphatic rings. The average Bonchev–Trinajstić information content (AvgIpc) is 2.92. The molecule has 2 amide bonds. The molecule has 36 heavy (non-hydrogen) atoms. The highest BCUT2D eigenvalue weighted by atomic mass is 16.5. The maximum absolute atomic E-state index is 13.1. The van der Waals surface area contributed by atoms with E-state index < -0.39 is 0 Å². The third-order valence-electron chi connectivity index (χ3n) is 6.68. The molecule has 1 aromatic carbocycles. The third-order valence-corrected chi connectivity index (χ3v) is 6.68. The molecule has 9 nitrogen and oxygen atoms in total. The van der Waals surface area contributed by atoms with Gasteiger partial charge in [0.2, 0.25) is 11.8 Å². The van der Waals surface area contributed by atoms with Crippen molar-refractivity contribution in [2.45, 2.75) is 27.7 Å². The first kappa shape index (κ1) is 27.4. The van der Waals surface area contributed by atoms with E-state index in [-0.39, 0.29) is 24.3 Å². The lowest BCUT2D eigenvalue weighted by Crippen LogP contribution is -2.53. The van der Waals surface area contributed by atoms with Crippen molar-refractivity contribution in [3.05, 3.63) is 36.4 Å². The van der Waals surface area contributed by atoms with Gasteiger partial charge in [-0.25, -0.2) is 0 Å². The van der Waals surface area contributed by atoms with Gasteiger partial charge in [-0.05, 0) is 37.4 Å². The molecule has 0 unspecified atom stereocenters. The van der Waals surface area contributed by atoms with Crippen LogP contribution in [0.15, 0.2) is 36.4 Å². The van der Waals surface area contributed by atoms with Crippen molar-refractivity contribution in [1.82, 2.24) is 24.9 Å². The van der Waals surface area contributed by atoms with Crippen LogP contribution in [0, 0.1) is 5.92 Å². The fourth-order valence-electron chi connectivity index (χ4n) is 4.31. The van der Waals surface area contributed by atoms with Crippen molar-refractivity contribution in [2.24, 2.45) is 5.92 Å². The van der Waals surface area contributed by atoms with Gasteiger partial charge >= 0.3 is 0 Å². The van der Waals surface area contributed by atoms with Gasteiger partial charge in [-0.2, -0.15) is 0 Å². The van der Waals surface area contributed by atoms with Crippen LogP contribution in [0.1, 0.15) is 27.7 Å². The van der Waals surface area contributed by atoms with Crippen molar-refractivity contribution in [1.29, 1.82) is 0 Å². The highest BCUT2D eigenvalue weighted by Gasteiger charge is 2.26. The Morgan fingerprint density at radius 1 is 1.00 bits per heavy atom. The van der Waals surface area contributed by atoms with Crippen molar-refractivity contribution in [3.63, 3.8) is 0 Å². The van der Waals surface area contributed by atoms with Crippen molar-refractivity contribution >= 4 is 17.6 Å². The number of nitrogens with zero attached hydrogens (tertiary/aromatic N) is 6. The van der Waals surface area contributed by atoms with E-state index in [9.17, 15) is 9.59 Å². The van der Waals surface area contributed by atoms with Crippen LogP contribution in [0.25, 0.3) is 11.3 Å². The molecule has 0 N–H and O–H groups in total. The number of hydrogen-bond donors (Lipinski definition) is 0. The zero-order valence-electron chi connectivity index (χ0n) is 22.3. The zero-order chi connectivity index (χ0) is 26.1. The van der Waals surface area contributed by atoms with Crippen LogP contribution in [0.5, 0.6) is 5.75 Å². The zero-order valence-corrected chi connectivity index (χ0v) is 22.3. The molecular weight excluding hydrogens is 456 g/mol. The molecule has 1 aromatic heterocycles. The number of ether oxygens (including phenoxy) is 1. The van der Waals surface area contributed by atoms with Crippen LogP contribution in [-0.4, -0.2) is 103 Å². The maximum atomic E-state index is 13.1. The lowest BCUT2D eigenvalue weighted by atomic mass is 10.1. The van der Waals surface area contributed by atoms with E-state index in [1.807, 2.05) is 55.1 Å². The number of likely N-dealkylation sites (N-methyl/N-ethyl adjacent to an activating group) is 1. The molecule has 1 aliphatic heterocycles. The highest BCUT2D eigenvalue weighted by molar-refractivity contribution is 5.85. The van der Waals surface area contributed by atoms with Gasteiger partial charge in [-0.3, -0.25) is 9.59 Å². The van der Waals surface area contributed by atoms with Crippen molar-refractivity contribution in [2.75, 3.05) is 70.9 Å². The monoisotopic (exact) mass is 496 g/mol. The number of amides is 2. The molecular formula is C27H40N6O3. The van der Waals surface area contributed by atoms with Crippen LogP contribution < -0.4 is 9.64 Å². The van der Waals surface area contributed by atoms with Gasteiger partial charge in [0.1, 0.15) is 5.75 Å². The molecule has 9 heteroatoms. The largest absolute Gasteiger partial charge is 0.497 e. The van der Waals surface area contributed by atoms with E-state index in [0.717, 1.165) is 42.5 Å². The van der Waals surface area contributed by atoms with Crippen LogP contribution in [0.3, 0.4) is 0 Å². The second kappa shape index (κ2) is 13.2. The molecule has 196 valence electrons. The Hall–Kier alpha value is -3.20. The quantitative estimate of drug-likeness (QED) is 0.473. The Bertz CT molecular complexity index is 985. The molecule has 2 aromatic rings. The molecule has 2 heterocycles. The van der Waals surface area contributed by atoms with Gasteiger partial charge in [0, 0.05) is 50.7 Å². The molecule has 3 rings (SSSR count). The molecule has 0 spiro atoms. The summed E-state index contributed by atoms with van der Waals surface area (Å²) in [6.07, 6.45) is 0. The topological polar surface area (TPSA) is 82.1 Å². The van der Waals surface area contributed by atoms with Gasteiger partial charge in [0.05, 0.1) is 19.3 Å². The van der Waals surface area contributed by atoms with Crippen LogP contribution in [-0.2, 0) is 9.59 Å². The summed E-state index contributed by atoms with van der Waals surface area (Å²) < 4.78 is 5.29. The second-order valence-electron chi connectivity index (χ2n) is 9.32. The number of carbonyl (C=O) groups excluding carboxylic acids is 2. The third kappa shape index (κ3) is 7.16. The van der Waals surface area contributed by atoms with Crippen molar-refractivity contribution < 1.29 is 14.3 Å². The molecule has 1 fully saturated rings. The minimum atomic E-state index is -0.134. The van der Waals surface area contributed by atoms with Gasteiger partial charge in [0.15, 0.2) is 5.82 Å². The Balaban J connectivity index is 1.56. The molecule has 0 atom stereocenters. The summed E-state index contributed by atoms with van der Waals surface area (Å²) >= 11 is 0. The van der Waals surface area contributed by atoms with E-state index in [4.69, 9.17) is 4.74 Å². The summed E-state index contributed by atoms with van der Waals surface area (Å²) in [6.45, 7) is 13.9. The smallest absolute Gasteiger partial charge is 0.242 e. The Morgan fingerprint density at radius 2 is 1.72 bits per heavy atom. The minimum Gasteiger partial charge on any atom is -0.497 e. The number of rotatable bonds is 11. The van der Waals surface area contributed by atoms with Gasteiger partial charge in [-0.1, -0.05) is 39.8 Å². The van der Waals surface area contributed by atoms with Crippen LogP contribution in [0.2, 0.25) is 0 Å². The Labute approximate surface area is 215 Å². The van der Waals surface area contributed by atoms with E-state index in [0.29, 0.717) is 32.7 Å². The van der Waals surface area contributed by atoms with E-state index in [1.165, 1.54) is 0 Å². The van der Waals surface area contributed by atoms with Crippen molar-refractivity contribution in [3.8, 4) is 17.0 Å². The summed E-state index contributed by atoms with van der Waals surface area (Å²) in [5, 5.41) is 8.83. The summed E-state index contributed by atoms with van der Waals surface area (Å²) in [5.74, 6) is 1.47. The second-order valence-corrected chi connectivity index (χ2v) is 9.32. The maximum Gasteiger partial charge on any atom is 0.242 e. The van der Waals surface area contributed by atoms with E-state index in [1.54, 1.807) is 12.0 Å². The predicted molar refractivity (Wildman–Crippen MR) is 142 cm³/mol. The van der Waals surface area contributed by atoms with Crippen LogP contribution >= 0.6 is 0 Å². The lowest BCUT2D eigenvalue weighted by molar-refractivity contribution is -0.142. The SMILES string of the molecule is CCN(CC)CCN(CC(=O)N1CCN(c2ccc(-c3cccc(OC)c3)nn2)CC1)C(=O)C(C)C. The summed E-state index contributed by atoms with van der Waals surface area (Å²) in [6, 6.07) is 11.7. The predicted octanol–water partition coefficient (Wildman–Crippen LogP) is 2.63. The highest BCUT2D eigenvalue weighted by Crippen LogP contribution is 2.23. The fourth-order valence-corrected chi connectivity index (χ4v) is 4.31. The van der Waals surface area contributed by atoms with Gasteiger partial charge in [0.25, 0.3) is 0 Å². The minimum absolute atomic E-state index is 0.00246. The first-order valence-electron chi connectivity index (χ1n) is 12.9. The number of methoxy groups -OCH3 is 1. The number of carbonyl (C=O) groups is 2. The Kier molecular flexibility index (Phi) is 10.0. The standard InChI is InChI=1S/C27H40N6O3/c1-6-30(7-2)13-14-33(27(35)21(3)4)20-26(34)32-17-15-31(16-18-32)25-12-11-24(28-29-25)22-9-8-10-23(19-22)36-5/h8-12,19,21H,6-7,13-18,20H2,1-5H3. The molecule has 0 radical (unpaired) electrons. The molecule has 0 bridgehead atoms. The molecule has 0 aliphatic carbocycles. The summed E-state index contributed by atoms with van der Waals surface area (Å²) in [5.41, 5.74) is 1.73. The first-order valence-corrected chi connectivity index (χ1v) is 12.9. The molecule has 0 saturated carbocycles. The number of benzene rings is 1. The molecule has 1 saturated heterocycles. The Morgan fingerprint density at radius 3 is 2.31 bits per heavy atom. The average molecular weight is 497 g/mol. The normalized spacial score (nSPS) is 13.9. The number of hydrogen-bond acceptors (Lipinski definition) is 7. The lowest BCUT2D eigenvalue weighted by Gasteiger charge is -2.36. The number of anilines is 1.